The van der Waals surface area contributed by atoms with Crippen LogP contribution in [0.4, 0.5) is 4.79 Å². The summed E-state index contributed by atoms with van der Waals surface area (Å²) >= 11 is 0. The number of likely N-dealkylation sites (tertiary alicyclic amines) is 2. The summed E-state index contributed by atoms with van der Waals surface area (Å²) in [4.78, 5) is 29.3. The summed E-state index contributed by atoms with van der Waals surface area (Å²) < 4.78 is 17.5. The topological polar surface area (TPSA) is 68.3 Å². The van der Waals surface area contributed by atoms with Crippen LogP contribution >= 0.6 is 0 Å². The molecular formula is C26H50N2O5Si. The molecule has 0 aromatic heterocycles. The van der Waals surface area contributed by atoms with Crippen molar-refractivity contribution in [3.8, 4) is 0 Å². The molecule has 0 saturated carbocycles. The Labute approximate surface area is 209 Å². The molecule has 0 spiro atoms. The first-order chi connectivity index (χ1) is 15.6. The van der Waals surface area contributed by atoms with Gasteiger partial charge in [-0.25, -0.2) is 4.79 Å². The molecule has 0 aromatic rings. The predicted octanol–water partition coefficient (Wildman–Crippen LogP) is 5.30. The van der Waals surface area contributed by atoms with Crippen LogP contribution in [0.1, 0.15) is 74.1 Å². The van der Waals surface area contributed by atoms with Gasteiger partial charge in [0.1, 0.15) is 5.60 Å². The number of ether oxygens (including phenoxy) is 2. The first-order valence-corrected chi connectivity index (χ1v) is 16.1. The lowest BCUT2D eigenvalue weighted by Gasteiger charge is -2.47. The summed E-state index contributed by atoms with van der Waals surface area (Å²) in [6, 6.07) is 0.341. The summed E-state index contributed by atoms with van der Waals surface area (Å²) in [5, 5.41) is 0.137. The van der Waals surface area contributed by atoms with Crippen molar-refractivity contribution in [1.82, 2.24) is 9.80 Å². The number of hydrogen-bond acceptors (Lipinski definition) is 6. The second-order valence-electron chi connectivity index (χ2n) is 12.6. The molecule has 0 aromatic carbocycles. The maximum Gasteiger partial charge on any atom is 0.410 e. The Kier molecular flexibility index (Phi) is 10.1. The van der Waals surface area contributed by atoms with E-state index in [-0.39, 0.29) is 23.0 Å². The first kappa shape index (κ1) is 29.1. The smallest absolute Gasteiger partial charge is 0.410 e. The minimum atomic E-state index is -1.91. The highest BCUT2D eigenvalue weighted by molar-refractivity contribution is 6.74. The van der Waals surface area contributed by atoms with Crippen LogP contribution in [0.5, 0.6) is 0 Å². The highest BCUT2D eigenvalue weighted by atomic mass is 28.4. The number of rotatable bonds is 7. The molecule has 0 aliphatic carbocycles. The highest BCUT2D eigenvalue weighted by Gasteiger charge is 2.42. The van der Waals surface area contributed by atoms with Crippen LogP contribution in [-0.4, -0.2) is 81.2 Å². The van der Waals surface area contributed by atoms with Gasteiger partial charge in [0.05, 0.1) is 6.61 Å². The SMILES string of the molecule is CCOC(=O)C[C@@H]1CCCN(C2CCN(C(=O)OC(C)(C)C)CC2CO[Si](C)(C)C(C)(C)C)C1. The fourth-order valence-electron chi connectivity index (χ4n) is 4.71. The molecule has 2 heterocycles. The molecule has 8 heteroatoms. The molecule has 0 radical (unpaired) electrons. The number of hydrogen-bond donors (Lipinski definition) is 0. The summed E-state index contributed by atoms with van der Waals surface area (Å²) in [5.41, 5.74) is -0.506. The standard InChI is InChI=1S/C26H50N2O5Si/c1-10-31-23(29)16-20-12-11-14-27(17-20)22-13-15-28(24(30)33-25(2,3)4)18-21(22)19-32-34(8,9)26(5,6)7/h20-22H,10-19H2,1-9H3/t20-,21?,22?/m0/s1. The van der Waals surface area contributed by atoms with E-state index < -0.39 is 13.9 Å². The molecule has 34 heavy (non-hydrogen) atoms. The zero-order valence-electron chi connectivity index (χ0n) is 23.2. The number of esters is 1. The molecule has 2 rings (SSSR count). The van der Waals surface area contributed by atoms with Crippen LogP contribution in [-0.2, 0) is 18.7 Å². The maximum atomic E-state index is 12.8. The Morgan fingerprint density at radius 1 is 1.00 bits per heavy atom. The minimum absolute atomic E-state index is 0.0908. The Morgan fingerprint density at radius 2 is 1.68 bits per heavy atom. The minimum Gasteiger partial charge on any atom is -0.466 e. The molecule has 198 valence electrons. The van der Waals surface area contributed by atoms with Crippen molar-refractivity contribution in [2.24, 2.45) is 11.8 Å². The first-order valence-electron chi connectivity index (χ1n) is 13.1. The van der Waals surface area contributed by atoms with E-state index in [1.165, 1.54) is 0 Å². The Balaban J connectivity index is 2.13. The molecular weight excluding hydrogens is 448 g/mol. The van der Waals surface area contributed by atoms with E-state index in [0.29, 0.717) is 44.7 Å². The van der Waals surface area contributed by atoms with Crippen molar-refractivity contribution in [3.63, 3.8) is 0 Å². The van der Waals surface area contributed by atoms with Gasteiger partial charge in [0, 0.05) is 44.6 Å². The number of piperidine rings is 2. The van der Waals surface area contributed by atoms with Crippen molar-refractivity contribution in [2.45, 2.75) is 104 Å². The Morgan fingerprint density at radius 3 is 2.26 bits per heavy atom. The summed E-state index contributed by atoms with van der Waals surface area (Å²) in [5.74, 6) is 0.460. The highest BCUT2D eigenvalue weighted by Crippen LogP contribution is 2.38. The van der Waals surface area contributed by atoms with Gasteiger partial charge in [-0.1, -0.05) is 20.8 Å². The number of carbonyl (C=O) groups excluding carboxylic acids is 2. The van der Waals surface area contributed by atoms with E-state index in [4.69, 9.17) is 13.9 Å². The summed E-state index contributed by atoms with van der Waals surface area (Å²) in [7, 11) is -1.91. The Hall–Kier alpha value is -1.12. The van der Waals surface area contributed by atoms with E-state index in [1.807, 2.05) is 32.6 Å². The van der Waals surface area contributed by atoms with Crippen LogP contribution in [0.15, 0.2) is 0 Å². The van der Waals surface area contributed by atoms with Crippen molar-refractivity contribution in [1.29, 1.82) is 0 Å². The van der Waals surface area contributed by atoms with Gasteiger partial charge in [0.15, 0.2) is 8.32 Å². The van der Waals surface area contributed by atoms with Gasteiger partial charge in [-0.3, -0.25) is 9.69 Å². The lowest BCUT2D eigenvalue weighted by Crippen LogP contribution is -2.57. The van der Waals surface area contributed by atoms with Crippen LogP contribution in [0, 0.1) is 11.8 Å². The van der Waals surface area contributed by atoms with Crippen LogP contribution in [0.25, 0.3) is 0 Å². The summed E-state index contributed by atoms with van der Waals surface area (Å²) in [6.07, 6.45) is 3.31. The Bertz CT molecular complexity index is 686. The fraction of sp³-hybridized carbons (Fsp3) is 0.923. The monoisotopic (exact) mass is 498 g/mol. The van der Waals surface area contributed by atoms with Gasteiger partial charge in [-0.15, -0.1) is 0 Å². The number of amides is 1. The third kappa shape index (κ3) is 8.52. The molecule has 2 saturated heterocycles. The van der Waals surface area contributed by atoms with Gasteiger partial charge in [-0.05, 0) is 77.6 Å². The molecule has 1 amide bonds. The molecule has 7 nitrogen and oxygen atoms in total. The lowest BCUT2D eigenvalue weighted by atomic mass is 9.87. The van der Waals surface area contributed by atoms with Gasteiger partial charge in [0.25, 0.3) is 0 Å². The number of nitrogens with zero attached hydrogens (tertiary/aromatic N) is 2. The van der Waals surface area contributed by atoms with Crippen molar-refractivity contribution < 1.29 is 23.5 Å². The fourth-order valence-corrected chi connectivity index (χ4v) is 5.77. The van der Waals surface area contributed by atoms with Crippen LogP contribution in [0.2, 0.25) is 18.1 Å². The molecule has 0 bridgehead atoms. The van der Waals surface area contributed by atoms with Crippen LogP contribution < -0.4 is 0 Å². The maximum absolute atomic E-state index is 12.8. The molecule has 3 atom stereocenters. The van der Waals surface area contributed by atoms with Crippen molar-refractivity contribution >= 4 is 20.4 Å². The molecule has 2 unspecified atom stereocenters. The van der Waals surface area contributed by atoms with E-state index in [9.17, 15) is 9.59 Å². The number of carbonyl (C=O) groups is 2. The van der Waals surface area contributed by atoms with Gasteiger partial charge in [-0.2, -0.15) is 0 Å². The van der Waals surface area contributed by atoms with Gasteiger partial charge in [0.2, 0.25) is 0 Å². The van der Waals surface area contributed by atoms with Crippen LogP contribution in [0.3, 0.4) is 0 Å². The van der Waals surface area contributed by atoms with Gasteiger partial charge >= 0.3 is 12.1 Å². The zero-order valence-corrected chi connectivity index (χ0v) is 24.2. The van der Waals surface area contributed by atoms with E-state index in [1.54, 1.807) is 0 Å². The largest absolute Gasteiger partial charge is 0.466 e. The zero-order chi connectivity index (χ0) is 25.7. The summed E-state index contributed by atoms with van der Waals surface area (Å²) in [6.45, 7) is 23.3. The molecule has 2 aliphatic rings. The lowest BCUT2D eigenvalue weighted by molar-refractivity contribution is -0.144. The quantitative estimate of drug-likeness (QED) is 0.350. The predicted molar refractivity (Wildman–Crippen MR) is 138 cm³/mol. The molecule has 2 aliphatic heterocycles. The normalized spacial score (nSPS) is 25.2. The molecule has 2 fully saturated rings. The molecule has 0 N–H and O–H groups in total. The van der Waals surface area contributed by atoms with E-state index in [2.05, 4.69) is 38.8 Å². The third-order valence-electron chi connectivity index (χ3n) is 7.59. The average Bonchev–Trinajstić information content (AvgIpc) is 2.70. The van der Waals surface area contributed by atoms with E-state index in [0.717, 1.165) is 32.4 Å². The second-order valence-corrected chi connectivity index (χ2v) is 17.4. The second kappa shape index (κ2) is 11.7. The average molecular weight is 499 g/mol. The van der Waals surface area contributed by atoms with Crippen molar-refractivity contribution in [2.75, 3.05) is 39.4 Å². The van der Waals surface area contributed by atoms with E-state index >= 15 is 0 Å². The third-order valence-corrected chi connectivity index (χ3v) is 12.1. The van der Waals surface area contributed by atoms with Crippen molar-refractivity contribution in [3.05, 3.63) is 0 Å². The van der Waals surface area contributed by atoms with Gasteiger partial charge < -0.3 is 18.8 Å².